The summed E-state index contributed by atoms with van der Waals surface area (Å²) in [5.41, 5.74) is 3.73. The van der Waals surface area contributed by atoms with Crippen LogP contribution >= 0.6 is 11.9 Å². The molecular formula is C22H28N6OS. The van der Waals surface area contributed by atoms with Gasteiger partial charge >= 0.3 is 0 Å². The molecule has 1 amide bonds. The van der Waals surface area contributed by atoms with Crippen molar-refractivity contribution >= 4 is 46.0 Å². The molecule has 0 unspecified atom stereocenters. The molecule has 2 aromatic heterocycles. The molecule has 1 aromatic carbocycles. The molecule has 0 spiro atoms. The fraction of sp³-hybridized carbons (Fsp3) is 0.364. The van der Waals surface area contributed by atoms with E-state index in [1.54, 1.807) is 0 Å². The minimum Gasteiger partial charge on any atom is -0.380 e. The van der Waals surface area contributed by atoms with E-state index in [0.29, 0.717) is 19.1 Å². The molecule has 3 N–H and O–H groups in total. The SMILES string of the molecule is CSNc1ccc2[nH]cc(C(=O)N3CCN(c4ncccc4NC(C)C)CC3)c2c1. The molecule has 7 nitrogen and oxygen atoms in total. The van der Waals surface area contributed by atoms with Gasteiger partial charge in [-0.2, -0.15) is 0 Å². The second-order valence-electron chi connectivity index (χ2n) is 7.72. The van der Waals surface area contributed by atoms with Gasteiger partial charge in [-0.15, -0.1) is 0 Å². The third kappa shape index (κ3) is 4.18. The highest BCUT2D eigenvalue weighted by molar-refractivity contribution is 7.99. The number of aromatic nitrogens is 2. The van der Waals surface area contributed by atoms with Crippen molar-refractivity contribution in [1.29, 1.82) is 0 Å². The Labute approximate surface area is 181 Å². The van der Waals surface area contributed by atoms with Gasteiger partial charge in [0.25, 0.3) is 5.91 Å². The molecule has 0 radical (unpaired) electrons. The number of amides is 1. The van der Waals surface area contributed by atoms with E-state index in [4.69, 9.17) is 0 Å². The lowest BCUT2D eigenvalue weighted by Crippen LogP contribution is -2.49. The topological polar surface area (TPSA) is 76.3 Å². The largest absolute Gasteiger partial charge is 0.380 e. The van der Waals surface area contributed by atoms with Crippen LogP contribution in [0.2, 0.25) is 0 Å². The predicted molar refractivity (Wildman–Crippen MR) is 127 cm³/mol. The second-order valence-corrected chi connectivity index (χ2v) is 8.33. The molecule has 3 aromatic rings. The van der Waals surface area contributed by atoms with Gasteiger partial charge in [-0.1, -0.05) is 11.9 Å². The van der Waals surface area contributed by atoms with Crippen molar-refractivity contribution in [2.45, 2.75) is 19.9 Å². The van der Waals surface area contributed by atoms with E-state index in [9.17, 15) is 4.79 Å². The van der Waals surface area contributed by atoms with Crippen molar-refractivity contribution in [3.05, 3.63) is 48.3 Å². The number of benzene rings is 1. The average Bonchev–Trinajstić information content (AvgIpc) is 3.17. The van der Waals surface area contributed by atoms with E-state index in [2.05, 4.69) is 44.8 Å². The Morgan fingerprint density at radius 2 is 2.00 bits per heavy atom. The van der Waals surface area contributed by atoms with Crippen LogP contribution in [0.15, 0.2) is 42.7 Å². The van der Waals surface area contributed by atoms with E-state index in [-0.39, 0.29) is 5.91 Å². The van der Waals surface area contributed by atoms with Crippen molar-refractivity contribution in [2.24, 2.45) is 0 Å². The first-order valence-corrected chi connectivity index (χ1v) is 11.4. The van der Waals surface area contributed by atoms with Crippen LogP contribution < -0.4 is 14.9 Å². The summed E-state index contributed by atoms with van der Waals surface area (Å²) < 4.78 is 3.24. The van der Waals surface area contributed by atoms with Gasteiger partial charge in [-0.25, -0.2) is 4.98 Å². The lowest BCUT2D eigenvalue weighted by Gasteiger charge is -2.36. The number of hydrogen-bond acceptors (Lipinski definition) is 6. The molecule has 30 heavy (non-hydrogen) atoms. The highest BCUT2D eigenvalue weighted by Gasteiger charge is 2.25. The average molecular weight is 425 g/mol. The number of fused-ring (bicyclic) bond motifs is 1. The molecule has 1 fully saturated rings. The minimum atomic E-state index is 0.0729. The van der Waals surface area contributed by atoms with Gasteiger partial charge in [0.2, 0.25) is 0 Å². The molecule has 158 valence electrons. The smallest absolute Gasteiger partial charge is 0.256 e. The number of piperazine rings is 1. The summed E-state index contributed by atoms with van der Waals surface area (Å²) >= 11 is 1.54. The summed E-state index contributed by atoms with van der Waals surface area (Å²) in [7, 11) is 0. The zero-order valence-corrected chi connectivity index (χ0v) is 18.4. The quantitative estimate of drug-likeness (QED) is 0.519. The molecule has 8 heteroatoms. The highest BCUT2D eigenvalue weighted by atomic mass is 32.2. The van der Waals surface area contributed by atoms with Crippen molar-refractivity contribution in [3.8, 4) is 0 Å². The molecule has 0 saturated carbocycles. The van der Waals surface area contributed by atoms with Crippen LogP contribution in [0.4, 0.5) is 17.2 Å². The molecule has 1 aliphatic rings. The lowest BCUT2D eigenvalue weighted by atomic mass is 10.1. The van der Waals surface area contributed by atoms with E-state index in [1.165, 1.54) is 11.9 Å². The van der Waals surface area contributed by atoms with E-state index in [1.807, 2.05) is 47.8 Å². The minimum absolute atomic E-state index is 0.0729. The summed E-state index contributed by atoms with van der Waals surface area (Å²) in [4.78, 5) is 25.2. The van der Waals surface area contributed by atoms with Gasteiger partial charge in [0.05, 0.1) is 11.3 Å². The standard InChI is InChI=1S/C22H28N6OS/c1-15(2)25-20-5-4-8-23-21(20)27-9-11-28(12-10-27)22(29)18-14-24-19-7-6-16(26-30-3)13-17(18)19/h4-8,13-15,24-26H,9-12H2,1-3H3. The van der Waals surface area contributed by atoms with Crippen LogP contribution in [0.25, 0.3) is 10.9 Å². The van der Waals surface area contributed by atoms with Crippen LogP contribution in [-0.2, 0) is 0 Å². The van der Waals surface area contributed by atoms with E-state index >= 15 is 0 Å². The van der Waals surface area contributed by atoms with Crippen LogP contribution in [0, 0.1) is 0 Å². The zero-order valence-electron chi connectivity index (χ0n) is 17.6. The zero-order chi connectivity index (χ0) is 21.1. The summed E-state index contributed by atoms with van der Waals surface area (Å²) in [6, 6.07) is 10.4. The van der Waals surface area contributed by atoms with Crippen molar-refractivity contribution in [3.63, 3.8) is 0 Å². The number of pyridine rings is 1. The molecule has 0 atom stereocenters. The first-order valence-electron chi connectivity index (χ1n) is 10.2. The van der Waals surface area contributed by atoms with Crippen molar-refractivity contribution in [1.82, 2.24) is 14.9 Å². The third-order valence-electron chi connectivity index (χ3n) is 5.23. The second kappa shape index (κ2) is 8.87. The summed E-state index contributed by atoms with van der Waals surface area (Å²) in [6.45, 7) is 7.11. The van der Waals surface area contributed by atoms with Gasteiger partial charge in [0.15, 0.2) is 5.82 Å². The van der Waals surface area contributed by atoms with Crippen LogP contribution in [0.3, 0.4) is 0 Å². The number of anilines is 3. The Bertz CT molecular complexity index is 1030. The first kappa shape index (κ1) is 20.4. The Morgan fingerprint density at radius 1 is 1.20 bits per heavy atom. The Hall–Kier alpha value is -2.87. The van der Waals surface area contributed by atoms with Gasteiger partial charge in [-0.3, -0.25) is 4.79 Å². The fourth-order valence-corrected chi connectivity index (χ4v) is 4.21. The molecule has 0 aliphatic carbocycles. The van der Waals surface area contributed by atoms with Crippen molar-refractivity contribution < 1.29 is 4.79 Å². The van der Waals surface area contributed by atoms with Crippen LogP contribution in [0.1, 0.15) is 24.2 Å². The summed E-state index contributed by atoms with van der Waals surface area (Å²) in [5.74, 6) is 1.03. The number of aromatic amines is 1. The number of nitrogens with one attached hydrogen (secondary N) is 3. The maximum Gasteiger partial charge on any atom is 0.256 e. The number of hydrogen-bond donors (Lipinski definition) is 3. The summed E-state index contributed by atoms with van der Waals surface area (Å²) in [6.07, 6.45) is 5.63. The van der Waals surface area contributed by atoms with Crippen LogP contribution in [-0.4, -0.2) is 59.3 Å². The highest BCUT2D eigenvalue weighted by Crippen LogP contribution is 2.27. The number of rotatable bonds is 6. The molecule has 4 rings (SSSR count). The molecule has 1 saturated heterocycles. The Kier molecular flexibility index (Phi) is 6.03. The maximum atomic E-state index is 13.2. The fourth-order valence-electron chi connectivity index (χ4n) is 3.84. The number of carbonyl (C=O) groups excluding carboxylic acids is 1. The molecular weight excluding hydrogens is 396 g/mol. The van der Waals surface area contributed by atoms with Gasteiger partial charge in [-0.05, 0) is 44.2 Å². The molecule has 1 aliphatic heterocycles. The van der Waals surface area contributed by atoms with E-state index < -0.39 is 0 Å². The van der Waals surface area contributed by atoms with Gasteiger partial charge in [0, 0.05) is 67.5 Å². The first-order chi connectivity index (χ1) is 14.6. The Balaban J connectivity index is 1.48. The third-order valence-corrected chi connectivity index (χ3v) is 5.67. The number of nitrogens with zero attached hydrogens (tertiary/aromatic N) is 3. The summed E-state index contributed by atoms with van der Waals surface area (Å²) in [5, 5.41) is 4.42. The van der Waals surface area contributed by atoms with Crippen LogP contribution in [0.5, 0.6) is 0 Å². The molecule has 3 heterocycles. The number of carbonyl (C=O) groups is 1. The van der Waals surface area contributed by atoms with E-state index in [0.717, 1.165) is 46.7 Å². The maximum absolute atomic E-state index is 13.2. The Morgan fingerprint density at radius 3 is 2.73 bits per heavy atom. The molecule has 0 bridgehead atoms. The number of H-pyrrole nitrogens is 1. The van der Waals surface area contributed by atoms with Gasteiger partial charge < -0.3 is 24.8 Å². The monoisotopic (exact) mass is 424 g/mol. The predicted octanol–water partition coefficient (Wildman–Crippen LogP) is 4.04. The van der Waals surface area contributed by atoms with Crippen molar-refractivity contribution in [2.75, 3.05) is 47.4 Å². The normalized spacial score (nSPS) is 14.4. The van der Waals surface area contributed by atoms with Gasteiger partial charge in [0.1, 0.15) is 0 Å². The lowest BCUT2D eigenvalue weighted by molar-refractivity contribution is 0.0748.